The van der Waals surface area contributed by atoms with E-state index in [4.69, 9.17) is 9.47 Å². The first-order chi connectivity index (χ1) is 15.8. The smallest absolute Gasteiger partial charge is 0.325 e. The summed E-state index contributed by atoms with van der Waals surface area (Å²) in [5.74, 6) is -0.551. The topological polar surface area (TPSA) is 134 Å². The highest BCUT2D eigenvalue weighted by Gasteiger charge is 2.52. The Balaban J connectivity index is 1.42. The number of rotatable bonds is 7. The fraction of sp³-hybridized carbons (Fsp3) is 0.571. The Morgan fingerprint density at radius 1 is 1.21 bits per heavy atom. The maximum Gasteiger partial charge on any atom is 0.325 e. The molecule has 4 rings (SSSR count). The van der Waals surface area contributed by atoms with Gasteiger partial charge < -0.3 is 20.1 Å². The molecule has 0 atom stereocenters. The van der Waals surface area contributed by atoms with Crippen LogP contribution in [0.3, 0.4) is 0 Å². The molecule has 3 aliphatic rings. The van der Waals surface area contributed by atoms with Crippen molar-refractivity contribution in [1.82, 2.24) is 14.5 Å². The number of carbonyl (C=O) groups is 3. The molecule has 1 aromatic rings. The normalized spacial score (nSPS) is 20.8. The van der Waals surface area contributed by atoms with Crippen LogP contribution >= 0.6 is 0 Å². The quantitative estimate of drug-likeness (QED) is 0.554. The average Bonchev–Trinajstić information content (AvgIpc) is 3.37. The minimum absolute atomic E-state index is 0.0483. The van der Waals surface area contributed by atoms with E-state index in [2.05, 4.69) is 10.6 Å². The Morgan fingerprint density at radius 3 is 2.58 bits per heavy atom. The van der Waals surface area contributed by atoms with Crippen molar-refractivity contribution in [2.45, 2.75) is 42.5 Å². The molecule has 1 aliphatic carbocycles. The lowest BCUT2D eigenvalue weighted by Gasteiger charge is -2.26. The van der Waals surface area contributed by atoms with Crippen molar-refractivity contribution >= 4 is 33.6 Å². The minimum Gasteiger partial charge on any atom is -0.495 e. The maximum atomic E-state index is 13.1. The summed E-state index contributed by atoms with van der Waals surface area (Å²) in [6.07, 6.45) is 2.90. The first kappa shape index (κ1) is 23.5. The first-order valence-corrected chi connectivity index (χ1v) is 12.4. The molecule has 0 radical (unpaired) electrons. The lowest BCUT2D eigenvalue weighted by Crippen LogP contribution is -2.44. The summed E-state index contributed by atoms with van der Waals surface area (Å²) < 4.78 is 37.9. The van der Waals surface area contributed by atoms with E-state index in [9.17, 15) is 22.8 Å². The number of hydrogen-bond acceptors (Lipinski definition) is 7. The van der Waals surface area contributed by atoms with Gasteiger partial charge >= 0.3 is 6.03 Å². The van der Waals surface area contributed by atoms with E-state index in [0.717, 1.165) is 17.7 Å². The van der Waals surface area contributed by atoms with Gasteiger partial charge in [-0.05, 0) is 31.0 Å². The number of benzene rings is 1. The molecule has 3 fully saturated rings. The molecule has 11 nitrogen and oxygen atoms in total. The van der Waals surface area contributed by atoms with Gasteiger partial charge in [-0.25, -0.2) is 13.2 Å². The van der Waals surface area contributed by atoms with Gasteiger partial charge in [0.1, 0.15) is 16.2 Å². The fourth-order valence-electron chi connectivity index (χ4n) is 4.52. The lowest BCUT2D eigenvalue weighted by molar-refractivity contribution is -0.131. The predicted octanol–water partition coefficient (Wildman–Crippen LogP) is 0.909. The Bertz CT molecular complexity index is 1050. The van der Waals surface area contributed by atoms with Gasteiger partial charge in [0.05, 0.1) is 20.3 Å². The van der Waals surface area contributed by atoms with Crippen LogP contribution in [0, 0.1) is 0 Å². The zero-order chi connectivity index (χ0) is 23.6. The summed E-state index contributed by atoms with van der Waals surface area (Å²) in [6.45, 7) is 1.03. The molecule has 2 aliphatic heterocycles. The molecule has 1 aromatic carbocycles. The molecule has 2 N–H and O–H groups in total. The molecule has 0 unspecified atom stereocenters. The highest BCUT2D eigenvalue weighted by atomic mass is 32.2. The van der Waals surface area contributed by atoms with E-state index in [0.29, 0.717) is 26.1 Å². The molecule has 4 amide bonds. The first-order valence-electron chi connectivity index (χ1n) is 11.0. The maximum absolute atomic E-state index is 13.1. The Hall–Kier alpha value is -2.70. The van der Waals surface area contributed by atoms with Crippen LogP contribution < -0.4 is 15.4 Å². The monoisotopic (exact) mass is 480 g/mol. The van der Waals surface area contributed by atoms with Crippen LogP contribution in [0.4, 0.5) is 10.5 Å². The summed E-state index contributed by atoms with van der Waals surface area (Å²) in [4.78, 5) is 38.5. The van der Waals surface area contributed by atoms with Gasteiger partial charge in [0.2, 0.25) is 15.9 Å². The van der Waals surface area contributed by atoms with Gasteiger partial charge in [-0.1, -0.05) is 12.8 Å². The molecule has 1 saturated carbocycles. The van der Waals surface area contributed by atoms with Crippen molar-refractivity contribution in [3.05, 3.63) is 18.2 Å². The summed E-state index contributed by atoms with van der Waals surface area (Å²) >= 11 is 0. The number of methoxy groups -OCH3 is 1. The molecule has 0 aromatic heterocycles. The number of ether oxygens (including phenoxy) is 2. The molecular weight excluding hydrogens is 452 g/mol. The predicted molar refractivity (Wildman–Crippen MR) is 117 cm³/mol. The number of nitrogens with zero attached hydrogens (tertiary/aromatic N) is 2. The number of nitrogens with one attached hydrogen (secondary N) is 2. The SMILES string of the molecule is COc1ccc(NC(=O)CCN2C(=O)NC3(CCCC3)C2=O)cc1S(=O)(=O)N1CCOCC1. The molecule has 2 heterocycles. The molecule has 2 saturated heterocycles. The number of amides is 4. The highest BCUT2D eigenvalue weighted by Crippen LogP contribution is 2.35. The number of urea groups is 1. The lowest BCUT2D eigenvalue weighted by atomic mass is 9.98. The van der Waals surface area contributed by atoms with Crippen LogP contribution in [0.2, 0.25) is 0 Å². The van der Waals surface area contributed by atoms with E-state index >= 15 is 0 Å². The average molecular weight is 481 g/mol. The highest BCUT2D eigenvalue weighted by molar-refractivity contribution is 7.89. The molecule has 12 heteroatoms. The van der Waals surface area contributed by atoms with Crippen molar-refractivity contribution < 1.29 is 32.3 Å². The summed E-state index contributed by atoms with van der Waals surface area (Å²) in [5.41, 5.74) is -0.538. The van der Waals surface area contributed by atoms with Crippen LogP contribution in [0.5, 0.6) is 5.75 Å². The summed E-state index contributed by atoms with van der Waals surface area (Å²) in [6, 6.07) is 3.89. The zero-order valence-electron chi connectivity index (χ0n) is 18.5. The Kier molecular flexibility index (Phi) is 6.59. The van der Waals surface area contributed by atoms with E-state index in [1.165, 1.54) is 29.6 Å². The van der Waals surface area contributed by atoms with Crippen LogP contribution in [0.15, 0.2) is 23.1 Å². The number of imide groups is 1. The second-order valence-corrected chi connectivity index (χ2v) is 10.3. The molecular formula is C21H28N4O7S. The Labute approximate surface area is 192 Å². The van der Waals surface area contributed by atoms with Crippen LogP contribution in [-0.2, 0) is 24.3 Å². The zero-order valence-corrected chi connectivity index (χ0v) is 19.3. The number of hydrogen-bond donors (Lipinski definition) is 2. The summed E-state index contributed by atoms with van der Waals surface area (Å²) in [5, 5.41) is 5.43. The van der Waals surface area contributed by atoms with Crippen LogP contribution in [0.1, 0.15) is 32.1 Å². The molecule has 1 spiro atoms. The third-order valence-corrected chi connectivity index (χ3v) is 8.22. The standard InChI is InChI=1S/C21H28N4O7S/c1-31-16-5-4-15(14-17(16)33(29,30)24-10-12-32-13-11-24)22-18(26)6-9-25-19(27)21(23-20(25)28)7-2-3-8-21/h4-5,14H,2-3,6-13H2,1H3,(H,22,26)(H,23,28). The van der Waals surface area contributed by atoms with E-state index in [-0.39, 0.29) is 48.3 Å². The Morgan fingerprint density at radius 2 is 1.91 bits per heavy atom. The second-order valence-electron chi connectivity index (χ2n) is 8.36. The van der Waals surface area contributed by atoms with Gasteiger partial charge in [-0.2, -0.15) is 4.31 Å². The van der Waals surface area contributed by atoms with Crippen molar-refractivity contribution in [3.8, 4) is 5.75 Å². The molecule has 180 valence electrons. The summed E-state index contributed by atoms with van der Waals surface area (Å²) in [7, 11) is -2.47. The van der Waals surface area contributed by atoms with Crippen molar-refractivity contribution in [2.75, 3.05) is 45.3 Å². The van der Waals surface area contributed by atoms with E-state index in [1.54, 1.807) is 0 Å². The van der Waals surface area contributed by atoms with Gasteiger partial charge in [0.25, 0.3) is 5.91 Å². The largest absolute Gasteiger partial charge is 0.495 e. The van der Waals surface area contributed by atoms with Crippen molar-refractivity contribution in [2.24, 2.45) is 0 Å². The third-order valence-electron chi connectivity index (χ3n) is 6.30. The van der Waals surface area contributed by atoms with Crippen molar-refractivity contribution in [1.29, 1.82) is 0 Å². The number of sulfonamides is 1. The van der Waals surface area contributed by atoms with Gasteiger partial charge in [0, 0.05) is 31.7 Å². The van der Waals surface area contributed by atoms with Crippen LogP contribution in [0.25, 0.3) is 0 Å². The molecule has 0 bridgehead atoms. The van der Waals surface area contributed by atoms with E-state index in [1.807, 2.05) is 0 Å². The number of morpholine rings is 1. The van der Waals surface area contributed by atoms with Crippen LogP contribution in [-0.4, -0.2) is 81.0 Å². The second kappa shape index (κ2) is 9.27. The third kappa shape index (κ3) is 4.55. The number of anilines is 1. The van der Waals surface area contributed by atoms with E-state index < -0.39 is 27.5 Å². The molecule has 33 heavy (non-hydrogen) atoms. The van der Waals surface area contributed by atoms with Gasteiger partial charge in [-0.15, -0.1) is 0 Å². The van der Waals surface area contributed by atoms with Crippen molar-refractivity contribution in [3.63, 3.8) is 0 Å². The minimum atomic E-state index is -3.84. The van der Waals surface area contributed by atoms with Gasteiger partial charge in [-0.3, -0.25) is 14.5 Å². The fourth-order valence-corrected chi connectivity index (χ4v) is 6.11. The number of carbonyl (C=O) groups excluding carboxylic acids is 3. The van der Waals surface area contributed by atoms with Gasteiger partial charge in [0.15, 0.2) is 0 Å².